The van der Waals surface area contributed by atoms with Crippen molar-refractivity contribution in [3.8, 4) is 0 Å². The van der Waals surface area contributed by atoms with Crippen LogP contribution in [0.4, 0.5) is 0 Å². The molecule has 9 heavy (non-hydrogen) atoms. The number of allylic oxidation sites excluding steroid dienone is 1. The zero-order valence-corrected chi connectivity index (χ0v) is 4.96. The third kappa shape index (κ3) is 6.92. The van der Waals surface area contributed by atoms with Gasteiger partial charge in [-0.1, -0.05) is 0 Å². The molecule has 0 heterocycles. The maximum atomic E-state index is 9.85. The van der Waals surface area contributed by atoms with Crippen molar-refractivity contribution in [1.82, 2.24) is 0 Å². The molecule has 0 unspecified atom stereocenters. The molecule has 0 bridgehead atoms. The van der Waals surface area contributed by atoms with Crippen molar-refractivity contribution in [2.75, 3.05) is 0 Å². The van der Waals surface area contributed by atoms with Gasteiger partial charge in [0, 0.05) is 6.42 Å². The molecule has 0 radical (unpaired) electrons. The second kappa shape index (κ2) is 5.06. The fourth-order valence-electron chi connectivity index (χ4n) is 0.414. The molecule has 0 saturated heterocycles. The molecule has 0 aliphatic heterocycles. The second-order valence-electron chi connectivity index (χ2n) is 1.61. The molecule has 1 N–H and O–H groups in total. The zero-order chi connectivity index (χ0) is 7.11. The van der Waals surface area contributed by atoms with Crippen LogP contribution in [0.3, 0.4) is 0 Å². The van der Waals surface area contributed by atoms with Gasteiger partial charge in [0.25, 0.3) is 0 Å². The van der Waals surface area contributed by atoms with Crippen LogP contribution in [0.15, 0.2) is 6.08 Å². The normalized spacial score (nSPS) is 8.00. The Hall–Kier alpha value is -1.08. The summed E-state index contributed by atoms with van der Waals surface area (Å²) in [6.45, 7) is 0. The minimum atomic E-state index is -0.825. The lowest BCUT2D eigenvalue weighted by molar-refractivity contribution is -0.137. The third-order valence-electron chi connectivity index (χ3n) is 0.822. The molecule has 0 aromatic carbocycles. The SMILES string of the molecule is O=C=CCCCC(=O)O. The van der Waals surface area contributed by atoms with Crippen LogP contribution in [0.5, 0.6) is 0 Å². The topological polar surface area (TPSA) is 54.4 Å². The highest BCUT2D eigenvalue weighted by Crippen LogP contribution is 1.93. The van der Waals surface area contributed by atoms with Gasteiger partial charge in [0.2, 0.25) is 0 Å². The first-order chi connectivity index (χ1) is 4.27. The molecule has 0 aliphatic carbocycles. The van der Waals surface area contributed by atoms with Crippen LogP contribution in [-0.4, -0.2) is 17.0 Å². The second-order valence-corrected chi connectivity index (χ2v) is 1.61. The molecule has 0 aromatic heterocycles. The van der Waals surface area contributed by atoms with Gasteiger partial charge in [-0.05, 0) is 18.9 Å². The quantitative estimate of drug-likeness (QED) is 0.446. The van der Waals surface area contributed by atoms with Crippen molar-refractivity contribution in [2.45, 2.75) is 19.3 Å². The van der Waals surface area contributed by atoms with Crippen molar-refractivity contribution in [1.29, 1.82) is 0 Å². The highest BCUT2D eigenvalue weighted by atomic mass is 16.4. The first-order valence-electron chi connectivity index (χ1n) is 2.68. The van der Waals surface area contributed by atoms with Crippen LogP contribution in [0, 0.1) is 0 Å². The fraction of sp³-hybridized carbons (Fsp3) is 0.500. The average Bonchev–Trinajstić information content (AvgIpc) is 1.80. The number of aliphatic carboxylic acids is 1. The van der Waals surface area contributed by atoms with Crippen LogP contribution in [0.1, 0.15) is 19.3 Å². The maximum Gasteiger partial charge on any atom is 0.303 e. The van der Waals surface area contributed by atoms with Gasteiger partial charge in [0.05, 0.1) is 0 Å². The molecule has 3 heteroatoms. The van der Waals surface area contributed by atoms with Gasteiger partial charge in [0.15, 0.2) is 0 Å². The maximum absolute atomic E-state index is 9.85. The summed E-state index contributed by atoms with van der Waals surface area (Å²) >= 11 is 0. The van der Waals surface area contributed by atoms with Crippen molar-refractivity contribution in [3.05, 3.63) is 6.08 Å². The van der Waals surface area contributed by atoms with Gasteiger partial charge < -0.3 is 5.11 Å². The Balaban J connectivity index is 3.10. The monoisotopic (exact) mass is 128 g/mol. The smallest absolute Gasteiger partial charge is 0.303 e. The number of carboxylic acids is 1. The van der Waals surface area contributed by atoms with E-state index >= 15 is 0 Å². The van der Waals surface area contributed by atoms with Crippen LogP contribution >= 0.6 is 0 Å². The Morgan fingerprint density at radius 2 is 2.33 bits per heavy atom. The molecule has 50 valence electrons. The lowest BCUT2D eigenvalue weighted by atomic mass is 10.2. The lowest BCUT2D eigenvalue weighted by Gasteiger charge is -1.86. The van der Waals surface area contributed by atoms with Crippen molar-refractivity contribution < 1.29 is 14.7 Å². The van der Waals surface area contributed by atoms with Crippen LogP contribution in [0.2, 0.25) is 0 Å². The molecular formula is C6H8O3. The number of carbonyl (C=O) groups is 1. The van der Waals surface area contributed by atoms with Crippen LogP contribution < -0.4 is 0 Å². The molecule has 0 amide bonds. The number of hydrogen-bond acceptors (Lipinski definition) is 2. The minimum absolute atomic E-state index is 0.123. The van der Waals surface area contributed by atoms with Gasteiger partial charge in [-0.15, -0.1) is 0 Å². The molecule has 0 atom stereocenters. The van der Waals surface area contributed by atoms with Crippen LogP contribution in [-0.2, 0) is 9.59 Å². The molecule has 3 nitrogen and oxygen atoms in total. The molecule has 0 saturated carbocycles. The summed E-state index contributed by atoms with van der Waals surface area (Å²) in [6.07, 6.45) is 2.45. The van der Waals surface area contributed by atoms with Crippen molar-refractivity contribution in [3.63, 3.8) is 0 Å². The predicted octanol–water partition coefficient (Wildman–Crippen LogP) is 0.629. The number of carbonyl (C=O) groups excluding carboxylic acids is 1. The molecule has 0 aromatic rings. The highest BCUT2D eigenvalue weighted by Gasteiger charge is 1.92. The molecule has 0 rings (SSSR count). The summed E-state index contributed by atoms with van der Waals surface area (Å²) in [6, 6.07) is 0. The van der Waals surface area contributed by atoms with E-state index in [-0.39, 0.29) is 6.42 Å². The Kier molecular flexibility index (Phi) is 4.46. The average molecular weight is 128 g/mol. The van der Waals surface area contributed by atoms with E-state index in [1.54, 1.807) is 5.94 Å². The zero-order valence-electron chi connectivity index (χ0n) is 4.96. The minimum Gasteiger partial charge on any atom is -0.481 e. The Bertz CT molecular complexity index is 131. The van der Waals surface area contributed by atoms with E-state index in [0.717, 1.165) is 0 Å². The Morgan fingerprint density at radius 3 is 2.78 bits per heavy atom. The van der Waals surface area contributed by atoms with Gasteiger partial charge in [0.1, 0.15) is 5.94 Å². The van der Waals surface area contributed by atoms with E-state index < -0.39 is 5.97 Å². The van der Waals surface area contributed by atoms with E-state index in [9.17, 15) is 9.59 Å². The number of unbranched alkanes of at least 4 members (excludes halogenated alkanes) is 1. The fourth-order valence-corrected chi connectivity index (χ4v) is 0.414. The van der Waals surface area contributed by atoms with Gasteiger partial charge in [-0.25, -0.2) is 4.79 Å². The number of rotatable bonds is 4. The predicted molar refractivity (Wildman–Crippen MR) is 31.8 cm³/mol. The standard InChI is InChI=1S/C6H8O3/c7-5-3-1-2-4-6(8)9/h3H,1-2,4H2,(H,8,9). The van der Waals surface area contributed by atoms with E-state index in [1.165, 1.54) is 6.08 Å². The van der Waals surface area contributed by atoms with Crippen molar-refractivity contribution in [2.24, 2.45) is 0 Å². The lowest BCUT2D eigenvalue weighted by Crippen LogP contribution is -1.92. The van der Waals surface area contributed by atoms with E-state index in [1.807, 2.05) is 0 Å². The van der Waals surface area contributed by atoms with Gasteiger partial charge >= 0.3 is 5.97 Å². The van der Waals surface area contributed by atoms with Gasteiger partial charge in [-0.3, -0.25) is 4.79 Å². The van der Waals surface area contributed by atoms with E-state index in [0.29, 0.717) is 12.8 Å². The largest absolute Gasteiger partial charge is 0.481 e. The molecule has 0 aliphatic rings. The Morgan fingerprint density at radius 1 is 1.67 bits per heavy atom. The molecule has 0 spiro atoms. The molecular weight excluding hydrogens is 120 g/mol. The first kappa shape index (κ1) is 7.92. The van der Waals surface area contributed by atoms with E-state index in [4.69, 9.17) is 5.11 Å². The first-order valence-corrected chi connectivity index (χ1v) is 2.68. The van der Waals surface area contributed by atoms with E-state index in [2.05, 4.69) is 0 Å². The summed E-state index contributed by atoms with van der Waals surface area (Å²) in [5.74, 6) is 0.749. The Labute approximate surface area is 53.0 Å². The van der Waals surface area contributed by atoms with Crippen molar-refractivity contribution >= 4 is 11.9 Å². The van der Waals surface area contributed by atoms with Crippen LogP contribution in [0.25, 0.3) is 0 Å². The summed E-state index contributed by atoms with van der Waals surface area (Å²) in [4.78, 5) is 19.4. The third-order valence-corrected chi connectivity index (χ3v) is 0.822. The highest BCUT2D eigenvalue weighted by molar-refractivity contribution is 5.66. The number of carboxylic acid groups (broad SMARTS) is 1. The summed E-state index contributed by atoms with van der Waals surface area (Å²) in [7, 11) is 0. The summed E-state index contributed by atoms with van der Waals surface area (Å²) in [5.41, 5.74) is 0. The van der Waals surface area contributed by atoms with Gasteiger partial charge in [-0.2, -0.15) is 0 Å². The molecule has 0 fully saturated rings. The number of hydrogen-bond donors (Lipinski definition) is 1. The summed E-state index contributed by atoms with van der Waals surface area (Å²) < 4.78 is 0. The summed E-state index contributed by atoms with van der Waals surface area (Å²) in [5, 5.41) is 8.10.